The molecule has 158 valence electrons. The van der Waals surface area contributed by atoms with Crippen molar-refractivity contribution >= 4 is 5.97 Å². The zero-order chi connectivity index (χ0) is 22.5. The number of hydrogen-bond acceptors (Lipinski definition) is 3. The molecule has 0 unspecified atom stereocenters. The number of benzene rings is 3. The van der Waals surface area contributed by atoms with Crippen molar-refractivity contribution in [3.63, 3.8) is 0 Å². The number of esters is 1. The highest BCUT2D eigenvalue weighted by Gasteiger charge is 2.36. The van der Waals surface area contributed by atoms with Crippen molar-refractivity contribution in [2.75, 3.05) is 0 Å². The van der Waals surface area contributed by atoms with Crippen LogP contribution in [0.25, 0.3) is 0 Å². The number of halogens is 3. The van der Waals surface area contributed by atoms with Crippen molar-refractivity contribution < 1.29 is 27.4 Å². The van der Waals surface area contributed by atoms with Gasteiger partial charge in [0.15, 0.2) is 5.60 Å². The molecule has 0 spiro atoms. The van der Waals surface area contributed by atoms with Gasteiger partial charge in [0.2, 0.25) is 0 Å². The molecule has 0 fully saturated rings. The van der Waals surface area contributed by atoms with E-state index in [0.29, 0.717) is 5.56 Å². The number of carbonyl (C=O) groups is 1. The van der Waals surface area contributed by atoms with Gasteiger partial charge in [-0.25, -0.2) is 4.79 Å². The van der Waals surface area contributed by atoms with Crippen LogP contribution in [0.3, 0.4) is 0 Å². The quantitative estimate of drug-likeness (QED) is 0.287. The van der Waals surface area contributed by atoms with Crippen LogP contribution < -0.4 is 9.47 Å². The van der Waals surface area contributed by atoms with Gasteiger partial charge in [-0.15, -0.1) is 0 Å². The summed E-state index contributed by atoms with van der Waals surface area (Å²) in [6.45, 7) is 3.11. The van der Waals surface area contributed by atoms with Crippen molar-refractivity contribution in [1.82, 2.24) is 0 Å². The third kappa shape index (κ3) is 6.13. The predicted molar refractivity (Wildman–Crippen MR) is 111 cm³/mol. The molecule has 0 aliphatic rings. The van der Waals surface area contributed by atoms with Gasteiger partial charge in [-0.2, -0.15) is 13.2 Å². The Balaban J connectivity index is 1.90. The highest BCUT2D eigenvalue weighted by atomic mass is 19.4. The maximum absolute atomic E-state index is 13.5. The zero-order valence-corrected chi connectivity index (χ0v) is 16.9. The number of para-hydroxylation sites is 1. The van der Waals surface area contributed by atoms with Crippen molar-refractivity contribution in [3.05, 3.63) is 95.6 Å². The predicted octanol–water partition coefficient (Wildman–Crippen LogP) is 6.13. The molecule has 6 heteroatoms. The first-order chi connectivity index (χ1) is 14.6. The van der Waals surface area contributed by atoms with Crippen LogP contribution in [0.15, 0.2) is 78.9 Å². The number of hydrogen-bond donors (Lipinski definition) is 0. The molecule has 31 heavy (non-hydrogen) atoms. The fourth-order valence-electron chi connectivity index (χ4n) is 2.67. The van der Waals surface area contributed by atoms with Crippen LogP contribution in [0, 0.1) is 11.8 Å². The minimum atomic E-state index is -4.67. The molecule has 0 amide bonds. The van der Waals surface area contributed by atoms with E-state index in [4.69, 9.17) is 9.47 Å². The van der Waals surface area contributed by atoms with Gasteiger partial charge < -0.3 is 9.47 Å². The summed E-state index contributed by atoms with van der Waals surface area (Å²) in [6, 6.07) is 20.2. The summed E-state index contributed by atoms with van der Waals surface area (Å²) in [4.78, 5) is 12.4. The van der Waals surface area contributed by atoms with Crippen LogP contribution in [0.4, 0.5) is 13.2 Å². The number of rotatable bonds is 4. The Hall–Kier alpha value is -3.72. The number of carbonyl (C=O) groups excluding carboxylic acids is 1. The topological polar surface area (TPSA) is 35.5 Å². The monoisotopic (exact) mass is 424 g/mol. The van der Waals surface area contributed by atoms with Crippen molar-refractivity contribution in [3.8, 4) is 23.3 Å². The molecule has 3 nitrogen and oxygen atoms in total. The maximum atomic E-state index is 13.5. The Labute approximate surface area is 178 Å². The Morgan fingerprint density at radius 1 is 0.871 bits per heavy atom. The summed E-state index contributed by atoms with van der Waals surface area (Å²) < 4.78 is 51.4. The lowest BCUT2D eigenvalue weighted by Crippen LogP contribution is -2.27. The minimum Gasteiger partial charge on any atom is -0.475 e. The molecule has 0 heterocycles. The fraction of sp³-hybridized carbons (Fsp3) is 0.160. The van der Waals surface area contributed by atoms with Gasteiger partial charge >= 0.3 is 12.1 Å². The third-order valence-electron chi connectivity index (χ3n) is 4.12. The number of ether oxygens (including phenoxy) is 2. The Bertz CT molecular complexity index is 1110. The number of alkyl halides is 3. The van der Waals surface area contributed by atoms with Gasteiger partial charge in [-0.1, -0.05) is 48.2 Å². The molecule has 0 aliphatic carbocycles. The fourth-order valence-corrected chi connectivity index (χ4v) is 2.67. The van der Waals surface area contributed by atoms with Gasteiger partial charge in [-0.3, -0.25) is 0 Å². The van der Waals surface area contributed by atoms with Crippen LogP contribution in [0.2, 0.25) is 0 Å². The maximum Gasteiger partial charge on any atom is 0.419 e. The lowest BCUT2D eigenvalue weighted by molar-refractivity contribution is -0.139. The lowest BCUT2D eigenvalue weighted by Gasteiger charge is -2.23. The highest BCUT2D eigenvalue weighted by Crippen LogP contribution is 2.38. The second-order valence-electron chi connectivity index (χ2n) is 7.14. The molecular weight excluding hydrogens is 405 g/mol. The van der Waals surface area contributed by atoms with Gasteiger partial charge in [0.05, 0.1) is 11.1 Å². The molecule has 0 N–H and O–H groups in total. The molecule has 0 saturated heterocycles. The van der Waals surface area contributed by atoms with Gasteiger partial charge in [0.25, 0.3) is 0 Å². The molecule has 3 aromatic carbocycles. The van der Waals surface area contributed by atoms with E-state index in [2.05, 4.69) is 11.8 Å². The summed E-state index contributed by atoms with van der Waals surface area (Å²) in [5.74, 6) is 4.71. The Kier molecular flexibility index (Phi) is 6.36. The molecule has 3 aromatic rings. The second-order valence-corrected chi connectivity index (χ2v) is 7.14. The molecule has 0 aromatic heterocycles. The minimum absolute atomic E-state index is 0.0707. The summed E-state index contributed by atoms with van der Waals surface area (Å²) in [5, 5.41) is 0. The van der Waals surface area contributed by atoms with E-state index in [1.807, 2.05) is 6.07 Å². The Morgan fingerprint density at radius 3 is 2.10 bits per heavy atom. The normalized spacial score (nSPS) is 11.3. The average molecular weight is 424 g/mol. The van der Waals surface area contributed by atoms with E-state index in [-0.39, 0.29) is 11.3 Å². The molecule has 0 atom stereocenters. The van der Waals surface area contributed by atoms with Gasteiger partial charge in [-0.05, 0) is 56.3 Å². The standard InChI is InChI=1S/C25H19F3O3/c1-24(2,16-15-18-9-5-3-6-10-18)31-22-17-19(13-14-21(22)25(26,27)28)23(29)30-20-11-7-4-8-12-20/h3-14,17H,1-2H3. The van der Waals surface area contributed by atoms with Crippen LogP contribution in [0.1, 0.15) is 35.3 Å². The molecule has 3 rings (SSSR count). The van der Waals surface area contributed by atoms with Gasteiger partial charge in [0, 0.05) is 5.56 Å². The molecule has 0 aliphatic heterocycles. The van der Waals surface area contributed by atoms with Crippen LogP contribution in [0.5, 0.6) is 11.5 Å². The first-order valence-corrected chi connectivity index (χ1v) is 9.40. The second kappa shape index (κ2) is 8.97. The summed E-state index contributed by atoms with van der Waals surface area (Å²) in [7, 11) is 0. The van der Waals surface area contributed by atoms with Crippen molar-refractivity contribution in [1.29, 1.82) is 0 Å². The van der Waals surface area contributed by atoms with E-state index >= 15 is 0 Å². The summed E-state index contributed by atoms with van der Waals surface area (Å²) in [5.41, 5.74) is -1.62. The van der Waals surface area contributed by atoms with Crippen LogP contribution in [-0.2, 0) is 6.18 Å². The van der Waals surface area contributed by atoms with Crippen molar-refractivity contribution in [2.45, 2.75) is 25.6 Å². The average Bonchev–Trinajstić information content (AvgIpc) is 2.73. The lowest BCUT2D eigenvalue weighted by atomic mass is 10.1. The smallest absolute Gasteiger partial charge is 0.419 e. The largest absolute Gasteiger partial charge is 0.475 e. The van der Waals surface area contributed by atoms with Crippen molar-refractivity contribution in [2.24, 2.45) is 0 Å². The van der Waals surface area contributed by atoms with Crippen LogP contribution >= 0.6 is 0 Å². The third-order valence-corrected chi connectivity index (χ3v) is 4.12. The molecule has 0 radical (unpaired) electrons. The highest BCUT2D eigenvalue weighted by molar-refractivity contribution is 5.91. The summed E-state index contributed by atoms with van der Waals surface area (Å²) >= 11 is 0. The molecule has 0 saturated carbocycles. The van der Waals surface area contributed by atoms with Crippen LogP contribution in [-0.4, -0.2) is 11.6 Å². The molecule has 0 bridgehead atoms. The van der Waals surface area contributed by atoms with E-state index in [9.17, 15) is 18.0 Å². The zero-order valence-electron chi connectivity index (χ0n) is 16.9. The SMILES string of the molecule is CC(C)(C#Cc1ccccc1)Oc1cc(C(=O)Oc2ccccc2)ccc1C(F)(F)F. The first-order valence-electron chi connectivity index (χ1n) is 9.40. The Morgan fingerprint density at radius 2 is 1.48 bits per heavy atom. The first kappa shape index (κ1) is 22.0. The van der Waals surface area contributed by atoms with Gasteiger partial charge in [0.1, 0.15) is 11.5 Å². The van der Waals surface area contributed by atoms with E-state index in [1.165, 1.54) is 0 Å². The van der Waals surface area contributed by atoms with E-state index in [1.54, 1.807) is 68.4 Å². The van der Waals surface area contributed by atoms with E-state index < -0.39 is 29.1 Å². The summed E-state index contributed by atoms with van der Waals surface area (Å²) in [6.07, 6.45) is -4.67. The molecular formula is C25H19F3O3. The van der Waals surface area contributed by atoms with E-state index in [0.717, 1.165) is 18.2 Å².